The molecule has 1 amide bonds. The number of furan rings is 1. The molecule has 1 aliphatic carbocycles. The summed E-state index contributed by atoms with van der Waals surface area (Å²) in [5.41, 5.74) is 2.47. The van der Waals surface area contributed by atoms with Gasteiger partial charge in [0.1, 0.15) is 5.76 Å². The van der Waals surface area contributed by atoms with E-state index in [1.807, 2.05) is 0 Å². The van der Waals surface area contributed by atoms with Crippen molar-refractivity contribution < 1.29 is 23.9 Å². The smallest absolute Gasteiger partial charge is 0.291 e. The average Bonchev–Trinajstić information content (AvgIpc) is 3.17. The van der Waals surface area contributed by atoms with Gasteiger partial charge in [-0.05, 0) is 30.9 Å². The van der Waals surface area contributed by atoms with Crippen LogP contribution >= 0.6 is 0 Å². The molecule has 1 aromatic heterocycles. The summed E-state index contributed by atoms with van der Waals surface area (Å²) in [4.78, 5) is 12.7. The zero-order chi connectivity index (χ0) is 18.5. The van der Waals surface area contributed by atoms with Gasteiger partial charge in [-0.25, -0.2) is 0 Å². The van der Waals surface area contributed by atoms with Crippen LogP contribution in [0.1, 0.15) is 47.7 Å². The molecular formula is C19H20N2O5. The summed E-state index contributed by atoms with van der Waals surface area (Å²) in [6, 6.07) is 5.20. The number of hydrogen-bond acceptors (Lipinski definition) is 6. The van der Waals surface area contributed by atoms with Crippen LogP contribution in [0.15, 0.2) is 27.8 Å². The quantitative estimate of drug-likeness (QED) is 0.632. The molecule has 2 aliphatic rings. The lowest BCUT2D eigenvalue weighted by atomic mass is 9.75. The van der Waals surface area contributed by atoms with Crippen LogP contribution in [-0.4, -0.2) is 23.6 Å². The second-order valence-electron chi connectivity index (χ2n) is 7.44. The highest BCUT2D eigenvalue weighted by Gasteiger charge is 2.36. The standard InChI is InChI=1S/C19H20N2O5/c1-10-16-12(21-23)7-19(2,3)8-15(16)26-17(10)18(22)20-11-4-5-13-14(6-11)25-9-24-13/h4-6,23H,7-9H2,1-3H3,(H,20,22)/b21-12+. The van der Waals surface area contributed by atoms with Crippen molar-refractivity contribution in [2.45, 2.75) is 33.6 Å². The SMILES string of the molecule is Cc1c(C(=O)Nc2ccc3c(c2)OCO3)oc2c1/C(=N/O)CC(C)(C)C2. The van der Waals surface area contributed by atoms with Crippen molar-refractivity contribution >= 4 is 17.3 Å². The summed E-state index contributed by atoms with van der Waals surface area (Å²) in [7, 11) is 0. The van der Waals surface area contributed by atoms with Gasteiger partial charge in [0.15, 0.2) is 17.3 Å². The molecule has 0 atom stereocenters. The Kier molecular flexibility index (Phi) is 3.68. The Hall–Kier alpha value is -2.96. The van der Waals surface area contributed by atoms with Gasteiger partial charge >= 0.3 is 0 Å². The Morgan fingerprint density at radius 1 is 1.23 bits per heavy atom. The Morgan fingerprint density at radius 3 is 2.77 bits per heavy atom. The van der Waals surface area contributed by atoms with Gasteiger partial charge in [0, 0.05) is 29.3 Å². The zero-order valence-corrected chi connectivity index (χ0v) is 14.9. The molecule has 136 valence electrons. The lowest BCUT2D eigenvalue weighted by Gasteiger charge is -2.28. The fourth-order valence-electron chi connectivity index (χ4n) is 3.58. The predicted octanol–water partition coefficient (Wildman–Crippen LogP) is 3.72. The normalized spacial score (nSPS) is 18.7. The van der Waals surface area contributed by atoms with E-state index < -0.39 is 0 Å². The topological polar surface area (TPSA) is 93.3 Å². The predicted molar refractivity (Wildman–Crippen MR) is 94.4 cm³/mol. The number of rotatable bonds is 2. The Balaban J connectivity index is 1.64. The van der Waals surface area contributed by atoms with Crippen LogP contribution in [0.25, 0.3) is 0 Å². The molecule has 4 rings (SSSR count). The molecule has 0 unspecified atom stereocenters. The van der Waals surface area contributed by atoms with Crippen molar-refractivity contribution in [2.75, 3.05) is 12.1 Å². The number of nitrogens with zero attached hydrogens (tertiary/aromatic N) is 1. The van der Waals surface area contributed by atoms with Crippen LogP contribution in [0.2, 0.25) is 0 Å². The number of anilines is 1. The molecule has 2 heterocycles. The highest BCUT2D eigenvalue weighted by Crippen LogP contribution is 2.39. The van der Waals surface area contributed by atoms with E-state index in [0.29, 0.717) is 47.1 Å². The first-order valence-corrected chi connectivity index (χ1v) is 8.42. The van der Waals surface area contributed by atoms with E-state index in [9.17, 15) is 10.0 Å². The summed E-state index contributed by atoms with van der Waals surface area (Å²) in [5, 5.41) is 15.6. The number of carbonyl (C=O) groups excluding carboxylic acids is 1. The van der Waals surface area contributed by atoms with E-state index in [-0.39, 0.29) is 23.9 Å². The molecule has 1 aromatic carbocycles. The maximum Gasteiger partial charge on any atom is 0.291 e. The van der Waals surface area contributed by atoms with Crippen molar-refractivity contribution in [3.8, 4) is 11.5 Å². The third-order valence-corrected chi connectivity index (χ3v) is 4.75. The first kappa shape index (κ1) is 16.5. The molecule has 0 radical (unpaired) electrons. The Bertz CT molecular complexity index is 926. The molecule has 26 heavy (non-hydrogen) atoms. The second-order valence-corrected chi connectivity index (χ2v) is 7.44. The monoisotopic (exact) mass is 356 g/mol. The fraction of sp³-hybridized carbons (Fsp3) is 0.368. The highest BCUT2D eigenvalue weighted by atomic mass is 16.7. The number of amides is 1. The molecule has 0 bridgehead atoms. The highest BCUT2D eigenvalue weighted by molar-refractivity contribution is 6.09. The lowest BCUT2D eigenvalue weighted by Crippen LogP contribution is -2.27. The largest absolute Gasteiger partial charge is 0.455 e. The minimum atomic E-state index is -0.356. The summed E-state index contributed by atoms with van der Waals surface area (Å²) in [5.74, 6) is 1.80. The van der Waals surface area contributed by atoms with Gasteiger partial charge in [-0.15, -0.1) is 0 Å². The average molecular weight is 356 g/mol. The van der Waals surface area contributed by atoms with Crippen LogP contribution in [0.4, 0.5) is 5.69 Å². The van der Waals surface area contributed by atoms with Gasteiger partial charge in [-0.1, -0.05) is 19.0 Å². The van der Waals surface area contributed by atoms with Crippen LogP contribution < -0.4 is 14.8 Å². The van der Waals surface area contributed by atoms with Crippen molar-refractivity contribution in [1.29, 1.82) is 0 Å². The van der Waals surface area contributed by atoms with Crippen LogP contribution in [0, 0.1) is 12.3 Å². The van der Waals surface area contributed by atoms with Gasteiger partial charge in [0.2, 0.25) is 6.79 Å². The van der Waals surface area contributed by atoms with Gasteiger partial charge in [0.05, 0.1) is 5.71 Å². The summed E-state index contributed by atoms with van der Waals surface area (Å²) >= 11 is 0. The molecule has 2 aromatic rings. The molecule has 2 N–H and O–H groups in total. The maximum absolute atomic E-state index is 12.7. The van der Waals surface area contributed by atoms with E-state index in [1.165, 1.54) is 0 Å². The molecule has 0 fully saturated rings. The molecule has 7 nitrogen and oxygen atoms in total. The molecule has 0 saturated heterocycles. The number of ether oxygens (including phenoxy) is 2. The third-order valence-electron chi connectivity index (χ3n) is 4.75. The van der Waals surface area contributed by atoms with E-state index in [2.05, 4.69) is 24.3 Å². The summed E-state index contributed by atoms with van der Waals surface area (Å²) in [6.07, 6.45) is 1.31. The van der Waals surface area contributed by atoms with Crippen LogP contribution in [0.5, 0.6) is 11.5 Å². The summed E-state index contributed by atoms with van der Waals surface area (Å²) in [6.45, 7) is 6.13. The maximum atomic E-state index is 12.7. The first-order valence-electron chi connectivity index (χ1n) is 8.42. The zero-order valence-electron chi connectivity index (χ0n) is 14.9. The van der Waals surface area contributed by atoms with Gasteiger partial charge < -0.3 is 24.4 Å². The van der Waals surface area contributed by atoms with Gasteiger partial charge in [0.25, 0.3) is 5.91 Å². The minimum Gasteiger partial charge on any atom is -0.455 e. The fourth-order valence-corrected chi connectivity index (χ4v) is 3.58. The summed E-state index contributed by atoms with van der Waals surface area (Å²) < 4.78 is 16.5. The third kappa shape index (κ3) is 2.69. The molecule has 0 saturated carbocycles. The number of benzene rings is 1. The van der Waals surface area contributed by atoms with Crippen LogP contribution in [-0.2, 0) is 6.42 Å². The lowest BCUT2D eigenvalue weighted by molar-refractivity contribution is 0.0993. The first-order chi connectivity index (χ1) is 12.4. The van der Waals surface area contributed by atoms with Crippen molar-refractivity contribution in [2.24, 2.45) is 10.6 Å². The van der Waals surface area contributed by atoms with E-state index in [1.54, 1.807) is 25.1 Å². The van der Waals surface area contributed by atoms with E-state index >= 15 is 0 Å². The molecular weight excluding hydrogens is 336 g/mol. The number of fused-ring (bicyclic) bond motifs is 2. The Morgan fingerprint density at radius 2 is 2.00 bits per heavy atom. The van der Waals surface area contributed by atoms with Gasteiger partial charge in [-0.3, -0.25) is 4.79 Å². The van der Waals surface area contributed by atoms with Crippen LogP contribution in [0.3, 0.4) is 0 Å². The van der Waals surface area contributed by atoms with Crippen molar-refractivity contribution in [3.05, 3.63) is 40.8 Å². The molecule has 7 heteroatoms. The van der Waals surface area contributed by atoms with E-state index in [0.717, 1.165) is 5.56 Å². The molecule has 0 spiro atoms. The minimum absolute atomic E-state index is 0.0933. The van der Waals surface area contributed by atoms with Crippen molar-refractivity contribution in [3.63, 3.8) is 0 Å². The second kappa shape index (κ2) is 5.79. The van der Waals surface area contributed by atoms with Crippen molar-refractivity contribution in [1.82, 2.24) is 0 Å². The number of oxime groups is 1. The Labute approximate surface area is 150 Å². The molecule has 1 aliphatic heterocycles. The van der Waals surface area contributed by atoms with Gasteiger partial charge in [-0.2, -0.15) is 0 Å². The number of hydrogen-bond donors (Lipinski definition) is 2. The number of nitrogens with one attached hydrogen (secondary N) is 1. The van der Waals surface area contributed by atoms with E-state index in [4.69, 9.17) is 13.9 Å². The number of carbonyl (C=O) groups is 1.